The Hall–Kier alpha value is -1.75. The van der Waals surface area contributed by atoms with Crippen molar-refractivity contribution in [3.63, 3.8) is 0 Å². The summed E-state index contributed by atoms with van der Waals surface area (Å²) in [5.41, 5.74) is -0.201. The van der Waals surface area contributed by atoms with Gasteiger partial charge in [-0.15, -0.1) is 0 Å². The highest BCUT2D eigenvalue weighted by atomic mass is 32.2. The molecule has 0 amide bonds. The van der Waals surface area contributed by atoms with Gasteiger partial charge in [-0.1, -0.05) is 19.9 Å². The van der Waals surface area contributed by atoms with Crippen molar-refractivity contribution in [1.82, 2.24) is 4.98 Å². The highest BCUT2D eigenvalue weighted by molar-refractivity contribution is 7.85. The van der Waals surface area contributed by atoms with Gasteiger partial charge in [0.05, 0.1) is 38.6 Å². The van der Waals surface area contributed by atoms with Gasteiger partial charge in [0.15, 0.2) is 0 Å². The third-order valence-corrected chi connectivity index (χ3v) is 4.72. The number of carboxylic acids is 1. The smallest absolute Gasteiger partial charge is 0.307 e. The molecule has 0 saturated carbocycles. The van der Waals surface area contributed by atoms with Crippen molar-refractivity contribution >= 4 is 16.1 Å². The van der Waals surface area contributed by atoms with E-state index >= 15 is 0 Å². The number of carboxylic acid groups (broad SMARTS) is 1. The van der Waals surface area contributed by atoms with E-state index < -0.39 is 27.4 Å². The normalized spacial score (nSPS) is 13.2. The fourth-order valence-electron chi connectivity index (χ4n) is 2.48. The van der Waals surface area contributed by atoms with E-state index in [0.29, 0.717) is 44.5 Å². The molecule has 0 aliphatic rings. The Morgan fingerprint density at radius 2 is 1.83 bits per heavy atom. The number of hydrogen-bond donors (Lipinski definition) is 1. The zero-order valence-corrected chi connectivity index (χ0v) is 18.2. The van der Waals surface area contributed by atoms with Gasteiger partial charge in [-0.3, -0.25) is 8.98 Å². The van der Waals surface area contributed by atoms with E-state index in [1.807, 2.05) is 6.92 Å². The lowest BCUT2D eigenvalue weighted by atomic mass is 9.76. The molecule has 1 rings (SSSR count). The third kappa shape index (κ3) is 10.6. The number of hydrogen-bond acceptors (Lipinski definition) is 8. The molecule has 0 aliphatic carbocycles. The monoisotopic (exact) mass is 433 g/mol. The topological polar surface area (TPSA) is 121 Å². The van der Waals surface area contributed by atoms with Crippen LogP contribution in [0, 0.1) is 11.3 Å². The minimum Gasteiger partial charge on any atom is -0.481 e. The summed E-state index contributed by atoms with van der Waals surface area (Å²) in [4.78, 5) is 15.9. The molecule has 0 fully saturated rings. The van der Waals surface area contributed by atoms with Crippen molar-refractivity contribution in [1.29, 1.82) is 0 Å². The van der Waals surface area contributed by atoms with Gasteiger partial charge >= 0.3 is 5.97 Å². The van der Waals surface area contributed by atoms with Crippen molar-refractivity contribution < 1.29 is 36.7 Å². The summed E-state index contributed by atoms with van der Waals surface area (Å²) < 4.78 is 43.3. The van der Waals surface area contributed by atoms with Crippen LogP contribution in [0.5, 0.6) is 5.88 Å². The molecule has 0 aliphatic heterocycles. The molecular weight excluding hydrogens is 402 g/mol. The van der Waals surface area contributed by atoms with Crippen molar-refractivity contribution in [2.75, 3.05) is 45.9 Å². The Kier molecular flexibility index (Phi) is 10.5. The fourth-order valence-corrected chi connectivity index (χ4v) is 3.00. The second-order valence-corrected chi connectivity index (χ2v) is 8.86. The van der Waals surface area contributed by atoms with Crippen LogP contribution in [-0.2, 0) is 35.0 Å². The molecule has 29 heavy (non-hydrogen) atoms. The molecule has 1 unspecified atom stereocenters. The van der Waals surface area contributed by atoms with Crippen LogP contribution < -0.4 is 4.74 Å². The van der Waals surface area contributed by atoms with E-state index in [4.69, 9.17) is 18.4 Å². The zero-order chi connectivity index (χ0) is 21.9. The quantitative estimate of drug-likeness (QED) is 0.326. The summed E-state index contributed by atoms with van der Waals surface area (Å²) in [7, 11) is -3.65. The first-order valence-electron chi connectivity index (χ1n) is 9.35. The number of rotatable bonds is 15. The molecular formula is C19H31NO8S. The summed E-state index contributed by atoms with van der Waals surface area (Å²) in [5, 5.41) is 9.60. The first kappa shape index (κ1) is 25.3. The van der Waals surface area contributed by atoms with Crippen LogP contribution in [0.3, 0.4) is 0 Å². The number of nitrogens with zero attached hydrogens (tertiary/aromatic N) is 1. The SMILES string of the molecule is CCOCCOCCOc1ccc(CC(C(=O)O)C(C)(C)COS(C)(=O)=O)cn1. The van der Waals surface area contributed by atoms with Crippen molar-refractivity contribution in [3.8, 4) is 5.88 Å². The molecule has 1 aromatic heterocycles. The molecule has 0 bridgehead atoms. The molecule has 1 aromatic rings. The largest absolute Gasteiger partial charge is 0.481 e. The predicted octanol–water partition coefficient (Wildman–Crippen LogP) is 1.76. The van der Waals surface area contributed by atoms with Crippen molar-refractivity contribution in [2.24, 2.45) is 11.3 Å². The summed E-state index contributed by atoms with van der Waals surface area (Å²) >= 11 is 0. The molecule has 166 valence electrons. The van der Waals surface area contributed by atoms with Gasteiger partial charge in [0.1, 0.15) is 6.61 Å². The Balaban J connectivity index is 2.56. The number of carbonyl (C=O) groups is 1. The van der Waals surface area contributed by atoms with Crippen LogP contribution in [-0.4, -0.2) is 70.4 Å². The molecule has 1 atom stereocenters. The van der Waals surface area contributed by atoms with Crippen LogP contribution in [0.2, 0.25) is 0 Å². The Bertz CT molecular complexity index is 718. The first-order chi connectivity index (χ1) is 13.5. The van der Waals surface area contributed by atoms with E-state index in [1.165, 1.54) is 0 Å². The maximum absolute atomic E-state index is 11.7. The van der Waals surface area contributed by atoms with Gasteiger partial charge < -0.3 is 19.3 Å². The molecule has 10 heteroatoms. The molecule has 0 spiro atoms. The van der Waals surface area contributed by atoms with Crippen molar-refractivity contribution in [3.05, 3.63) is 23.9 Å². The van der Waals surface area contributed by atoms with Crippen LogP contribution in [0.1, 0.15) is 26.3 Å². The van der Waals surface area contributed by atoms with E-state index in [2.05, 4.69) is 4.98 Å². The third-order valence-electron chi connectivity index (χ3n) is 4.18. The molecule has 0 saturated heterocycles. The summed E-state index contributed by atoms with van der Waals surface area (Å²) in [5.74, 6) is -1.47. The van der Waals surface area contributed by atoms with Gasteiger partial charge in [0, 0.05) is 24.3 Å². The first-order valence-corrected chi connectivity index (χ1v) is 11.2. The van der Waals surface area contributed by atoms with Crippen LogP contribution in [0.15, 0.2) is 18.3 Å². The average Bonchev–Trinajstić information content (AvgIpc) is 2.64. The summed E-state index contributed by atoms with van der Waals surface area (Å²) in [6.45, 7) is 7.46. The van der Waals surface area contributed by atoms with E-state index in [-0.39, 0.29) is 13.0 Å². The molecule has 9 nitrogen and oxygen atoms in total. The second kappa shape index (κ2) is 12.1. The zero-order valence-electron chi connectivity index (χ0n) is 17.4. The summed E-state index contributed by atoms with van der Waals surface area (Å²) in [6.07, 6.45) is 2.67. The summed E-state index contributed by atoms with van der Waals surface area (Å²) in [6, 6.07) is 3.40. The van der Waals surface area contributed by atoms with Gasteiger partial charge in [-0.05, 0) is 18.9 Å². The van der Waals surface area contributed by atoms with Crippen molar-refractivity contribution in [2.45, 2.75) is 27.2 Å². The Labute approximate surface area is 172 Å². The average molecular weight is 434 g/mol. The lowest BCUT2D eigenvalue weighted by molar-refractivity contribution is -0.146. The number of aromatic nitrogens is 1. The minimum atomic E-state index is -3.65. The molecule has 0 radical (unpaired) electrons. The second-order valence-electron chi connectivity index (χ2n) is 7.21. The van der Waals surface area contributed by atoms with Gasteiger partial charge in [0.2, 0.25) is 5.88 Å². The number of pyridine rings is 1. The van der Waals surface area contributed by atoms with E-state index in [9.17, 15) is 18.3 Å². The maximum atomic E-state index is 11.7. The highest BCUT2D eigenvalue weighted by Crippen LogP contribution is 2.31. The van der Waals surface area contributed by atoms with Gasteiger partial charge in [-0.2, -0.15) is 8.42 Å². The molecule has 1 heterocycles. The molecule has 1 N–H and O–H groups in total. The lowest BCUT2D eigenvalue weighted by Crippen LogP contribution is -2.37. The van der Waals surface area contributed by atoms with Gasteiger partial charge in [0.25, 0.3) is 10.1 Å². The van der Waals surface area contributed by atoms with Crippen LogP contribution >= 0.6 is 0 Å². The number of aliphatic carboxylic acids is 1. The predicted molar refractivity (Wildman–Crippen MR) is 106 cm³/mol. The maximum Gasteiger partial charge on any atom is 0.307 e. The Morgan fingerprint density at radius 3 is 2.38 bits per heavy atom. The van der Waals surface area contributed by atoms with Crippen LogP contribution in [0.25, 0.3) is 0 Å². The standard InChI is InChI=1S/C19H31NO8S/c1-5-25-8-9-26-10-11-27-17-7-6-15(13-20-17)12-16(18(21)22)19(2,3)14-28-29(4,23)24/h6-7,13,16H,5,8-12,14H2,1-4H3,(H,21,22). The van der Waals surface area contributed by atoms with E-state index in [1.54, 1.807) is 32.2 Å². The minimum absolute atomic E-state index is 0.184. The number of ether oxygens (including phenoxy) is 3. The van der Waals surface area contributed by atoms with Gasteiger partial charge in [-0.25, -0.2) is 4.98 Å². The van der Waals surface area contributed by atoms with Crippen LogP contribution in [0.4, 0.5) is 0 Å². The highest BCUT2D eigenvalue weighted by Gasteiger charge is 2.36. The van der Waals surface area contributed by atoms with E-state index in [0.717, 1.165) is 6.26 Å². The lowest BCUT2D eigenvalue weighted by Gasteiger charge is -2.30. The molecule has 0 aromatic carbocycles. The fraction of sp³-hybridized carbons (Fsp3) is 0.684. The Morgan fingerprint density at radius 1 is 1.17 bits per heavy atom.